The first kappa shape index (κ1) is 10.5. The Morgan fingerprint density at radius 1 is 1.33 bits per heavy atom. The number of nitrogens with one attached hydrogen (secondary N) is 1. The van der Waals surface area contributed by atoms with E-state index in [0.717, 1.165) is 18.1 Å². The summed E-state index contributed by atoms with van der Waals surface area (Å²) in [5.41, 5.74) is 2.50. The van der Waals surface area contributed by atoms with Crippen molar-refractivity contribution in [2.24, 2.45) is 7.05 Å². The minimum atomic E-state index is 1.04. The van der Waals surface area contributed by atoms with Gasteiger partial charge in [0.15, 0.2) is 0 Å². The maximum atomic E-state index is 4.45. The fourth-order valence-corrected chi connectivity index (χ4v) is 2.37. The molecule has 0 atom stereocenters. The maximum Gasteiger partial charge on any atom is 0.128 e. The monoisotopic (exact) mass is 208 g/mol. The lowest BCUT2D eigenvalue weighted by atomic mass is 10.2. The van der Waals surface area contributed by atoms with E-state index in [9.17, 15) is 0 Å². The topological polar surface area (TPSA) is 33.1 Å². The lowest BCUT2D eigenvalue weighted by molar-refractivity contribution is 0.331. The van der Waals surface area contributed by atoms with Crippen LogP contribution >= 0.6 is 0 Å². The minimum absolute atomic E-state index is 1.04. The van der Waals surface area contributed by atoms with E-state index in [1.165, 1.54) is 31.5 Å². The molecule has 0 amide bonds. The average molecular weight is 208 g/mol. The number of hydrogen-bond donors (Lipinski definition) is 1. The quantitative estimate of drug-likeness (QED) is 0.814. The first-order valence-corrected chi connectivity index (χ1v) is 5.65. The molecule has 0 aliphatic carbocycles. The number of rotatable bonds is 3. The highest BCUT2D eigenvalue weighted by molar-refractivity contribution is 5.46. The third-order valence-corrected chi connectivity index (χ3v) is 3.16. The predicted octanol–water partition coefficient (Wildman–Crippen LogP) is 1.37. The van der Waals surface area contributed by atoms with Crippen molar-refractivity contribution in [2.75, 3.05) is 25.5 Å². The van der Waals surface area contributed by atoms with Crippen LogP contribution < -0.4 is 5.32 Å². The van der Waals surface area contributed by atoms with E-state index in [2.05, 4.69) is 22.2 Å². The number of aryl methyl sites for hydroxylation is 2. The highest BCUT2D eigenvalue weighted by Gasteiger charge is 2.17. The highest BCUT2D eigenvalue weighted by Crippen LogP contribution is 2.22. The van der Waals surface area contributed by atoms with Gasteiger partial charge in [-0.2, -0.15) is 5.10 Å². The molecular weight excluding hydrogens is 188 g/mol. The van der Waals surface area contributed by atoms with Crippen molar-refractivity contribution in [3.63, 3.8) is 0 Å². The summed E-state index contributed by atoms with van der Waals surface area (Å²) in [6.07, 6.45) is 2.68. The molecule has 1 N–H and O–H groups in total. The molecule has 0 bridgehead atoms. The molecule has 2 heterocycles. The highest BCUT2D eigenvalue weighted by atomic mass is 15.3. The molecule has 1 fully saturated rings. The Hall–Kier alpha value is -1.03. The van der Waals surface area contributed by atoms with E-state index >= 15 is 0 Å². The van der Waals surface area contributed by atoms with Crippen LogP contribution in [-0.2, 0) is 13.6 Å². The smallest absolute Gasteiger partial charge is 0.128 e. The molecule has 1 aromatic heterocycles. The molecule has 2 rings (SSSR count). The molecule has 0 spiro atoms. The fraction of sp³-hybridized carbons (Fsp3) is 0.727. The summed E-state index contributed by atoms with van der Waals surface area (Å²) in [5, 5.41) is 7.68. The minimum Gasteiger partial charge on any atom is -0.373 e. The number of likely N-dealkylation sites (tertiary alicyclic amines) is 1. The number of aromatic nitrogens is 2. The fourth-order valence-electron chi connectivity index (χ4n) is 2.37. The van der Waals surface area contributed by atoms with Crippen LogP contribution in [0.25, 0.3) is 0 Å². The van der Waals surface area contributed by atoms with Crippen molar-refractivity contribution in [1.29, 1.82) is 0 Å². The van der Waals surface area contributed by atoms with Crippen molar-refractivity contribution in [3.8, 4) is 0 Å². The van der Waals surface area contributed by atoms with Crippen LogP contribution in [0.1, 0.15) is 24.1 Å². The molecule has 1 saturated heterocycles. The molecule has 0 radical (unpaired) electrons. The Morgan fingerprint density at radius 2 is 2.00 bits per heavy atom. The van der Waals surface area contributed by atoms with Gasteiger partial charge in [0.1, 0.15) is 5.82 Å². The zero-order valence-electron chi connectivity index (χ0n) is 9.88. The van der Waals surface area contributed by atoms with Crippen molar-refractivity contribution in [1.82, 2.24) is 14.7 Å². The molecule has 0 unspecified atom stereocenters. The molecule has 1 aliphatic rings. The van der Waals surface area contributed by atoms with Crippen LogP contribution in [0, 0.1) is 6.92 Å². The molecule has 15 heavy (non-hydrogen) atoms. The Morgan fingerprint density at radius 3 is 2.60 bits per heavy atom. The van der Waals surface area contributed by atoms with E-state index < -0.39 is 0 Å². The summed E-state index contributed by atoms with van der Waals surface area (Å²) in [6, 6.07) is 0. The second-order valence-electron chi connectivity index (χ2n) is 4.27. The third-order valence-electron chi connectivity index (χ3n) is 3.16. The van der Waals surface area contributed by atoms with Crippen molar-refractivity contribution in [3.05, 3.63) is 11.3 Å². The Labute approximate surface area is 91.3 Å². The van der Waals surface area contributed by atoms with Crippen molar-refractivity contribution < 1.29 is 0 Å². The zero-order chi connectivity index (χ0) is 10.8. The van der Waals surface area contributed by atoms with E-state index in [1.54, 1.807) is 0 Å². The van der Waals surface area contributed by atoms with Gasteiger partial charge in [0.05, 0.1) is 5.69 Å². The van der Waals surface area contributed by atoms with Gasteiger partial charge in [-0.15, -0.1) is 0 Å². The molecule has 4 heteroatoms. The summed E-state index contributed by atoms with van der Waals surface area (Å²) in [7, 11) is 3.95. The van der Waals surface area contributed by atoms with E-state index in [0.29, 0.717) is 0 Å². The second-order valence-corrected chi connectivity index (χ2v) is 4.27. The van der Waals surface area contributed by atoms with Crippen LogP contribution in [0.15, 0.2) is 0 Å². The second kappa shape index (κ2) is 4.23. The molecule has 1 aromatic rings. The molecule has 84 valence electrons. The van der Waals surface area contributed by atoms with E-state index in [1.807, 2.05) is 18.8 Å². The maximum absolute atomic E-state index is 4.45. The summed E-state index contributed by atoms with van der Waals surface area (Å²) >= 11 is 0. The third kappa shape index (κ3) is 2.00. The van der Waals surface area contributed by atoms with Gasteiger partial charge in [-0.25, -0.2) is 0 Å². The summed E-state index contributed by atoms with van der Waals surface area (Å²) in [6.45, 7) is 5.59. The number of hydrogen-bond acceptors (Lipinski definition) is 3. The Kier molecular flexibility index (Phi) is 2.95. The molecule has 1 aliphatic heterocycles. The SMILES string of the molecule is CNc1c(CN2CCCC2)c(C)nn1C. The van der Waals surface area contributed by atoms with Gasteiger partial charge in [0.25, 0.3) is 0 Å². The largest absolute Gasteiger partial charge is 0.373 e. The number of anilines is 1. The van der Waals surface area contributed by atoms with Gasteiger partial charge in [-0.05, 0) is 32.9 Å². The summed E-state index contributed by atoms with van der Waals surface area (Å²) in [5.74, 6) is 1.15. The van der Waals surface area contributed by atoms with Crippen LogP contribution in [-0.4, -0.2) is 34.8 Å². The van der Waals surface area contributed by atoms with Gasteiger partial charge < -0.3 is 5.32 Å². The Balaban J connectivity index is 2.18. The van der Waals surface area contributed by atoms with Crippen LogP contribution in [0.4, 0.5) is 5.82 Å². The van der Waals surface area contributed by atoms with E-state index in [4.69, 9.17) is 0 Å². The van der Waals surface area contributed by atoms with Crippen LogP contribution in [0.5, 0.6) is 0 Å². The normalized spacial score (nSPS) is 17.3. The predicted molar refractivity (Wildman–Crippen MR) is 62.0 cm³/mol. The first-order chi connectivity index (χ1) is 7.22. The van der Waals surface area contributed by atoms with Crippen molar-refractivity contribution >= 4 is 5.82 Å². The molecule has 4 nitrogen and oxygen atoms in total. The molecule has 0 saturated carbocycles. The van der Waals surface area contributed by atoms with Gasteiger partial charge >= 0.3 is 0 Å². The zero-order valence-corrected chi connectivity index (χ0v) is 9.88. The van der Waals surface area contributed by atoms with Gasteiger partial charge in [-0.1, -0.05) is 0 Å². The van der Waals surface area contributed by atoms with Crippen LogP contribution in [0.3, 0.4) is 0 Å². The first-order valence-electron chi connectivity index (χ1n) is 5.65. The summed E-state index contributed by atoms with van der Waals surface area (Å²) in [4.78, 5) is 2.50. The lowest BCUT2D eigenvalue weighted by Crippen LogP contribution is -2.19. The van der Waals surface area contributed by atoms with Gasteiger partial charge in [0, 0.05) is 26.2 Å². The average Bonchev–Trinajstić information content (AvgIpc) is 2.77. The van der Waals surface area contributed by atoms with E-state index in [-0.39, 0.29) is 0 Å². The van der Waals surface area contributed by atoms with Gasteiger partial charge in [0.2, 0.25) is 0 Å². The molecular formula is C11H20N4. The summed E-state index contributed by atoms with van der Waals surface area (Å²) < 4.78 is 1.93. The molecule has 0 aromatic carbocycles. The Bertz CT molecular complexity index is 337. The lowest BCUT2D eigenvalue weighted by Gasteiger charge is -2.15. The standard InChI is InChI=1S/C11H20N4/c1-9-10(8-15-6-4-5-7-15)11(12-2)14(3)13-9/h12H,4-8H2,1-3H3. The van der Waals surface area contributed by atoms with Gasteiger partial charge in [-0.3, -0.25) is 9.58 Å². The number of nitrogens with zero attached hydrogens (tertiary/aromatic N) is 3. The van der Waals surface area contributed by atoms with Crippen LogP contribution in [0.2, 0.25) is 0 Å². The van der Waals surface area contributed by atoms with Crippen molar-refractivity contribution in [2.45, 2.75) is 26.3 Å².